The zero-order valence-corrected chi connectivity index (χ0v) is 13.3. The number of nitrogens with zero attached hydrogens (tertiary/aromatic N) is 1. The molecule has 0 fully saturated rings. The van der Waals surface area contributed by atoms with Crippen molar-refractivity contribution < 1.29 is 9.53 Å². The summed E-state index contributed by atoms with van der Waals surface area (Å²) < 4.78 is 5.36. The molecule has 0 spiro atoms. The van der Waals surface area contributed by atoms with Crippen molar-refractivity contribution in [3.63, 3.8) is 0 Å². The number of amides is 1. The van der Waals surface area contributed by atoms with Gasteiger partial charge in [-0.1, -0.05) is 11.6 Å². The Balaban J connectivity index is 1.60. The van der Waals surface area contributed by atoms with Crippen molar-refractivity contribution >= 4 is 28.8 Å². The van der Waals surface area contributed by atoms with E-state index >= 15 is 0 Å². The molecule has 1 aromatic carbocycles. The zero-order valence-electron chi connectivity index (χ0n) is 11.8. The molecular weight excluding hydrogens is 308 g/mol. The van der Waals surface area contributed by atoms with Gasteiger partial charge in [0.25, 0.3) is 5.91 Å². The first-order valence-corrected chi connectivity index (χ1v) is 7.95. The van der Waals surface area contributed by atoms with Crippen molar-refractivity contribution in [2.75, 3.05) is 13.2 Å². The van der Waals surface area contributed by atoms with Crippen molar-refractivity contribution in [1.82, 2.24) is 10.3 Å². The Bertz CT molecular complexity index is 584. The van der Waals surface area contributed by atoms with Gasteiger partial charge in [0.1, 0.15) is 5.75 Å². The molecule has 21 heavy (non-hydrogen) atoms. The lowest BCUT2D eigenvalue weighted by Gasteiger charge is -2.07. The van der Waals surface area contributed by atoms with Gasteiger partial charge in [0.2, 0.25) is 0 Å². The zero-order chi connectivity index (χ0) is 15.1. The maximum Gasteiger partial charge on any atom is 0.257 e. The highest BCUT2D eigenvalue weighted by Gasteiger charge is 2.03. The lowest BCUT2D eigenvalue weighted by Crippen LogP contribution is -2.29. The van der Waals surface area contributed by atoms with Gasteiger partial charge in [0.15, 0.2) is 6.61 Å². The summed E-state index contributed by atoms with van der Waals surface area (Å²) in [4.78, 5) is 16.0. The van der Waals surface area contributed by atoms with Gasteiger partial charge in [0, 0.05) is 29.1 Å². The molecule has 0 saturated carbocycles. The number of ether oxygens (including phenoxy) is 1. The molecule has 2 rings (SSSR count). The van der Waals surface area contributed by atoms with Crippen LogP contribution in [0.3, 0.4) is 0 Å². The maximum atomic E-state index is 11.6. The van der Waals surface area contributed by atoms with E-state index in [1.54, 1.807) is 35.6 Å². The second-order valence-electron chi connectivity index (χ2n) is 4.58. The highest BCUT2D eigenvalue weighted by molar-refractivity contribution is 7.09. The Kier molecular flexibility index (Phi) is 6.02. The van der Waals surface area contributed by atoms with Gasteiger partial charge < -0.3 is 10.1 Å². The third-order valence-electron chi connectivity index (χ3n) is 2.74. The molecule has 0 aliphatic rings. The molecule has 0 aliphatic heterocycles. The van der Waals surface area contributed by atoms with E-state index in [9.17, 15) is 4.79 Å². The van der Waals surface area contributed by atoms with Gasteiger partial charge in [-0.2, -0.15) is 0 Å². The van der Waals surface area contributed by atoms with Crippen LogP contribution in [0.5, 0.6) is 5.75 Å². The summed E-state index contributed by atoms with van der Waals surface area (Å²) in [7, 11) is 0. The van der Waals surface area contributed by atoms with Crippen LogP contribution < -0.4 is 10.1 Å². The minimum Gasteiger partial charge on any atom is -0.484 e. The maximum absolute atomic E-state index is 11.6. The van der Waals surface area contributed by atoms with E-state index in [0.29, 0.717) is 17.3 Å². The Labute approximate surface area is 133 Å². The molecule has 1 amide bonds. The largest absolute Gasteiger partial charge is 0.484 e. The van der Waals surface area contributed by atoms with E-state index in [1.807, 2.05) is 12.3 Å². The molecule has 0 atom stereocenters. The average molecular weight is 325 g/mol. The number of carbonyl (C=O) groups excluding carboxylic acids is 1. The van der Waals surface area contributed by atoms with Crippen molar-refractivity contribution in [3.8, 4) is 5.75 Å². The molecule has 2 aromatic rings. The molecule has 112 valence electrons. The van der Waals surface area contributed by atoms with E-state index in [4.69, 9.17) is 16.3 Å². The first-order valence-electron chi connectivity index (χ1n) is 6.69. The molecule has 6 heteroatoms. The van der Waals surface area contributed by atoms with E-state index in [0.717, 1.165) is 23.5 Å². The van der Waals surface area contributed by atoms with Crippen LogP contribution in [0.4, 0.5) is 0 Å². The molecule has 1 N–H and O–H groups in total. The topological polar surface area (TPSA) is 51.2 Å². The Morgan fingerprint density at radius 2 is 2.14 bits per heavy atom. The number of thiazole rings is 1. The van der Waals surface area contributed by atoms with Gasteiger partial charge in [-0.25, -0.2) is 4.98 Å². The van der Waals surface area contributed by atoms with Crippen LogP contribution in [-0.4, -0.2) is 24.0 Å². The van der Waals surface area contributed by atoms with Crippen LogP contribution >= 0.6 is 22.9 Å². The third kappa shape index (κ3) is 5.73. The first-order chi connectivity index (χ1) is 10.1. The fourth-order valence-electron chi connectivity index (χ4n) is 1.72. The summed E-state index contributed by atoms with van der Waals surface area (Å²) in [6.45, 7) is 2.62. The van der Waals surface area contributed by atoms with Crippen LogP contribution in [0.15, 0.2) is 29.6 Å². The molecular formula is C15H17ClN2O2S. The number of hydrogen-bond donors (Lipinski definition) is 1. The van der Waals surface area contributed by atoms with Crippen molar-refractivity contribution in [3.05, 3.63) is 45.4 Å². The van der Waals surface area contributed by atoms with Gasteiger partial charge in [-0.3, -0.25) is 4.79 Å². The monoisotopic (exact) mass is 324 g/mol. The number of aryl methyl sites for hydroxylation is 2. The number of nitrogens with one attached hydrogen (secondary N) is 1. The SMILES string of the molecule is Cc1csc(CCCNC(=O)COc2ccc(Cl)cc2)n1. The third-order valence-corrected chi connectivity index (χ3v) is 4.02. The summed E-state index contributed by atoms with van der Waals surface area (Å²) in [5.41, 5.74) is 1.05. The highest BCUT2D eigenvalue weighted by Crippen LogP contribution is 2.15. The molecule has 0 saturated heterocycles. The molecule has 0 unspecified atom stereocenters. The van der Waals surface area contributed by atoms with Gasteiger partial charge in [-0.15, -0.1) is 11.3 Å². The first kappa shape index (κ1) is 15.8. The lowest BCUT2D eigenvalue weighted by atomic mass is 10.3. The minimum atomic E-state index is -0.125. The number of halogens is 1. The summed E-state index contributed by atoms with van der Waals surface area (Å²) in [6, 6.07) is 6.93. The normalized spacial score (nSPS) is 10.4. The van der Waals surface area contributed by atoms with Gasteiger partial charge in [-0.05, 0) is 37.6 Å². The number of hydrogen-bond acceptors (Lipinski definition) is 4. The van der Waals surface area contributed by atoms with Crippen molar-refractivity contribution in [1.29, 1.82) is 0 Å². The van der Waals surface area contributed by atoms with E-state index in [2.05, 4.69) is 10.3 Å². The quantitative estimate of drug-likeness (QED) is 0.795. The predicted octanol–water partition coefficient (Wildman–Crippen LogP) is 3.23. The molecule has 4 nitrogen and oxygen atoms in total. The second kappa shape index (κ2) is 8.00. The Morgan fingerprint density at radius 3 is 2.81 bits per heavy atom. The van der Waals surface area contributed by atoms with Crippen LogP contribution in [0.2, 0.25) is 5.02 Å². The van der Waals surface area contributed by atoms with Gasteiger partial charge >= 0.3 is 0 Å². The smallest absolute Gasteiger partial charge is 0.257 e. The van der Waals surface area contributed by atoms with E-state index in [-0.39, 0.29) is 12.5 Å². The lowest BCUT2D eigenvalue weighted by molar-refractivity contribution is -0.123. The molecule has 1 aromatic heterocycles. The Hall–Kier alpha value is -1.59. The molecule has 1 heterocycles. The average Bonchev–Trinajstić information content (AvgIpc) is 2.89. The fourth-order valence-corrected chi connectivity index (χ4v) is 2.66. The molecule has 0 aliphatic carbocycles. The van der Waals surface area contributed by atoms with E-state index < -0.39 is 0 Å². The van der Waals surface area contributed by atoms with Crippen LogP contribution in [0.1, 0.15) is 17.1 Å². The van der Waals surface area contributed by atoms with Crippen LogP contribution in [-0.2, 0) is 11.2 Å². The fraction of sp³-hybridized carbons (Fsp3) is 0.333. The minimum absolute atomic E-state index is 0.0119. The highest BCUT2D eigenvalue weighted by atomic mass is 35.5. The van der Waals surface area contributed by atoms with Crippen molar-refractivity contribution in [2.45, 2.75) is 19.8 Å². The summed E-state index contributed by atoms with van der Waals surface area (Å²) in [6.07, 6.45) is 1.76. The Morgan fingerprint density at radius 1 is 1.38 bits per heavy atom. The molecule has 0 bridgehead atoms. The van der Waals surface area contributed by atoms with Gasteiger partial charge in [0.05, 0.1) is 5.01 Å². The van der Waals surface area contributed by atoms with Crippen molar-refractivity contribution in [2.24, 2.45) is 0 Å². The number of carbonyl (C=O) groups is 1. The number of aromatic nitrogens is 1. The van der Waals surface area contributed by atoms with E-state index in [1.165, 1.54) is 0 Å². The van der Waals surface area contributed by atoms with Crippen LogP contribution in [0, 0.1) is 6.92 Å². The standard InChI is InChI=1S/C15H17ClN2O2S/c1-11-10-21-15(18-11)3-2-8-17-14(19)9-20-13-6-4-12(16)5-7-13/h4-7,10H,2-3,8-9H2,1H3,(H,17,19). The molecule has 0 radical (unpaired) electrons. The summed E-state index contributed by atoms with van der Waals surface area (Å²) in [5.74, 6) is 0.507. The predicted molar refractivity (Wildman–Crippen MR) is 85.1 cm³/mol. The number of benzene rings is 1. The summed E-state index contributed by atoms with van der Waals surface area (Å²) >= 11 is 7.43. The summed E-state index contributed by atoms with van der Waals surface area (Å²) in [5, 5.41) is 6.62. The van der Waals surface area contributed by atoms with Crippen LogP contribution in [0.25, 0.3) is 0 Å². The second-order valence-corrected chi connectivity index (χ2v) is 5.96. The number of rotatable bonds is 7.